The van der Waals surface area contributed by atoms with E-state index in [1.165, 1.54) is 5.56 Å². The lowest BCUT2D eigenvalue weighted by Gasteiger charge is -2.17. The molecule has 2 aromatic rings. The highest BCUT2D eigenvalue weighted by Crippen LogP contribution is 2.09. The van der Waals surface area contributed by atoms with Gasteiger partial charge in [0, 0.05) is 19.3 Å². The molecule has 5 heteroatoms. The fraction of sp³-hybridized carbons (Fsp3) is 0.294. The van der Waals surface area contributed by atoms with Crippen molar-refractivity contribution in [1.82, 2.24) is 9.88 Å². The maximum atomic E-state index is 12.2. The Balaban J connectivity index is 0.00000242. The van der Waals surface area contributed by atoms with Crippen LogP contribution >= 0.6 is 12.4 Å². The van der Waals surface area contributed by atoms with Crippen LogP contribution in [0.4, 0.5) is 5.69 Å². The second-order valence-electron chi connectivity index (χ2n) is 5.18. The molecule has 0 aliphatic carbocycles. The van der Waals surface area contributed by atoms with Crippen LogP contribution in [-0.4, -0.2) is 22.8 Å². The van der Waals surface area contributed by atoms with Crippen molar-refractivity contribution in [2.24, 2.45) is 0 Å². The number of rotatable bonds is 5. The van der Waals surface area contributed by atoms with Crippen molar-refractivity contribution in [3.05, 3.63) is 59.4 Å². The van der Waals surface area contributed by atoms with Gasteiger partial charge in [0.2, 0.25) is 5.91 Å². The number of nitrogens with zero attached hydrogens (tertiary/aromatic N) is 2. The van der Waals surface area contributed by atoms with Gasteiger partial charge in [-0.2, -0.15) is 0 Å². The minimum Gasteiger partial charge on any atom is -0.397 e. The van der Waals surface area contributed by atoms with Crippen LogP contribution in [0.5, 0.6) is 0 Å². The van der Waals surface area contributed by atoms with E-state index in [9.17, 15) is 4.79 Å². The minimum absolute atomic E-state index is 0. The molecule has 22 heavy (non-hydrogen) atoms. The minimum atomic E-state index is 0. The van der Waals surface area contributed by atoms with E-state index in [2.05, 4.69) is 36.2 Å². The second kappa shape index (κ2) is 8.39. The van der Waals surface area contributed by atoms with E-state index >= 15 is 0 Å². The Morgan fingerprint density at radius 2 is 1.77 bits per heavy atom. The van der Waals surface area contributed by atoms with Gasteiger partial charge in [0.05, 0.1) is 18.3 Å². The third-order valence-electron chi connectivity index (χ3n) is 3.46. The molecule has 1 aromatic heterocycles. The maximum Gasteiger partial charge on any atom is 0.228 e. The van der Waals surface area contributed by atoms with E-state index < -0.39 is 0 Å². The normalized spacial score (nSPS) is 9.91. The zero-order valence-electron chi connectivity index (χ0n) is 13.0. The zero-order valence-corrected chi connectivity index (χ0v) is 13.8. The predicted molar refractivity (Wildman–Crippen MR) is 91.9 cm³/mol. The largest absolute Gasteiger partial charge is 0.397 e. The van der Waals surface area contributed by atoms with Crippen LogP contribution in [0.1, 0.15) is 23.7 Å². The molecule has 0 aliphatic heterocycles. The molecule has 118 valence electrons. The Kier molecular flexibility index (Phi) is 6.86. The van der Waals surface area contributed by atoms with Gasteiger partial charge < -0.3 is 10.6 Å². The summed E-state index contributed by atoms with van der Waals surface area (Å²) in [7, 11) is 1.81. The summed E-state index contributed by atoms with van der Waals surface area (Å²) in [6.45, 7) is 2.74. The monoisotopic (exact) mass is 319 g/mol. The lowest BCUT2D eigenvalue weighted by molar-refractivity contribution is -0.129. The lowest BCUT2D eigenvalue weighted by atomic mass is 10.1. The SMILES string of the molecule is CCc1ccc(CN(C)C(=O)Cc2ccc(N)cn2)cc1.Cl. The van der Waals surface area contributed by atoms with Crippen LogP contribution in [0.2, 0.25) is 0 Å². The van der Waals surface area contributed by atoms with Gasteiger partial charge in [-0.05, 0) is 29.7 Å². The molecule has 0 spiro atoms. The van der Waals surface area contributed by atoms with Crippen molar-refractivity contribution < 1.29 is 4.79 Å². The van der Waals surface area contributed by atoms with Crippen LogP contribution < -0.4 is 5.73 Å². The van der Waals surface area contributed by atoms with Crippen LogP contribution in [0.15, 0.2) is 42.6 Å². The predicted octanol–water partition coefficient (Wildman–Crippen LogP) is 2.85. The molecular formula is C17H22ClN3O. The van der Waals surface area contributed by atoms with Gasteiger partial charge in [-0.25, -0.2) is 0 Å². The summed E-state index contributed by atoms with van der Waals surface area (Å²) < 4.78 is 0. The van der Waals surface area contributed by atoms with Crippen molar-refractivity contribution in [3.8, 4) is 0 Å². The van der Waals surface area contributed by atoms with E-state index in [1.807, 2.05) is 7.05 Å². The van der Waals surface area contributed by atoms with E-state index in [1.54, 1.807) is 23.2 Å². The van der Waals surface area contributed by atoms with Gasteiger partial charge in [-0.1, -0.05) is 31.2 Å². The van der Waals surface area contributed by atoms with E-state index in [-0.39, 0.29) is 18.3 Å². The van der Waals surface area contributed by atoms with Gasteiger partial charge in [-0.3, -0.25) is 9.78 Å². The molecule has 1 aromatic carbocycles. The summed E-state index contributed by atoms with van der Waals surface area (Å²) in [6.07, 6.45) is 2.90. The molecule has 2 rings (SSSR count). The molecule has 0 unspecified atom stereocenters. The number of hydrogen-bond donors (Lipinski definition) is 1. The number of aromatic nitrogens is 1. The first-order chi connectivity index (χ1) is 10.1. The Labute approximate surface area is 137 Å². The number of hydrogen-bond acceptors (Lipinski definition) is 3. The smallest absolute Gasteiger partial charge is 0.228 e. The number of nitrogen functional groups attached to an aromatic ring is 1. The number of benzene rings is 1. The Morgan fingerprint density at radius 1 is 1.14 bits per heavy atom. The third-order valence-corrected chi connectivity index (χ3v) is 3.46. The molecular weight excluding hydrogens is 298 g/mol. The molecule has 0 atom stereocenters. The summed E-state index contributed by atoms with van der Waals surface area (Å²) in [4.78, 5) is 18.1. The Hall–Kier alpha value is -2.07. The summed E-state index contributed by atoms with van der Waals surface area (Å²) in [5.41, 5.74) is 9.37. The van der Waals surface area contributed by atoms with Gasteiger partial charge in [0.15, 0.2) is 0 Å². The standard InChI is InChI=1S/C17H21N3O.ClH/c1-3-13-4-6-14(7-5-13)12-20(2)17(21)10-16-9-8-15(18)11-19-16;/h4-9,11H,3,10,12,18H2,1-2H3;1H. The van der Waals surface area contributed by atoms with E-state index in [4.69, 9.17) is 5.73 Å². The molecule has 0 radical (unpaired) electrons. The second-order valence-corrected chi connectivity index (χ2v) is 5.18. The highest BCUT2D eigenvalue weighted by Gasteiger charge is 2.11. The lowest BCUT2D eigenvalue weighted by Crippen LogP contribution is -2.28. The fourth-order valence-electron chi connectivity index (χ4n) is 2.07. The number of likely N-dealkylation sites (N-methyl/N-ethyl adjacent to an activating group) is 1. The van der Waals surface area contributed by atoms with E-state index in [0.717, 1.165) is 17.7 Å². The van der Waals surface area contributed by atoms with Crippen LogP contribution in [-0.2, 0) is 24.2 Å². The number of anilines is 1. The first kappa shape index (κ1) is 18.0. The number of halogens is 1. The average Bonchev–Trinajstić information content (AvgIpc) is 2.50. The molecule has 0 fully saturated rings. The summed E-state index contributed by atoms with van der Waals surface area (Å²) in [6, 6.07) is 11.9. The fourth-order valence-corrected chi connectivity index (χ4v) is 2.07. The molecule has 0 saturated heterocycles. The van der Waals surface area contributed by atoms with Gasteiger partial charge in [0.1, 0.15) is 0 Å². The number of carbonyl (C=O) groups excluding carboxylic acids is 1. The maximum absolute atomic E-state index is 12.2. The molecule has 4 nitrogen and oxygen atoms in total. The molecule has 0 bridgehead atoms. The first-order valence-corrected chi connectivity index (χ1v) is 7.10. The average molecular weight is 320 g/mol. The quantitative estimate of drug-likeness (QED) is 0.922. The number of nitrogens with two attached hydrogens (primary N) is 1. The molecule has 1 heterocycles. The van der Waals surface area contributed by atoms with E-state index in [0.29, 0.717) is 18.7 Å². The highest BCUT2D eigenvalue weighted by molar-refractivity contribution is 5.85. The summed E-state index contributed by atoms with van der Waals surface area (Å²) in [5, 5.41) is 0. The highest BCUT2D eigenvalue weighted by atomic mass is 35.5. The molecule has 0 saturated carbocycles. The summed E-state index contributed by atoms with van der Waals surface area (Å²) >= 11 is 0. The van der Waals surface area contributed by atoms with Crippen LogP contribution in [0, 0.1) is 0 Å². The number of amides is 1. The van der Waals surface area contributed by atoms with Crippen molar-refractivity contribution in [2.75, 3.05) is 12.8 Å². The third kappa shape index (κ3) is 5.04. The van der Waals surface area contributed by atoms with Crippen molar-refractivity contribution >= 4 is 24.0 Å². The van der Waals surface area contributed by atoms with Crippen LogP contribution in [0.3, 0.4) is 0 Å². The summed E-state index contributed by atoms with van der Waals surface area (Å²) in [5.74, 6) is 0.0480. The first-order valence-electron chi connectivity index (χ1n) is 7.10. The van der Waals surface area contributed by atoms with Crippen molar-refractivity contribution in [2.45, 2.75) is 26.3 Å². The van der Waals surface area contributed by atoms with Crippen molar-refractivity contribution in [3.63, 3.8) is 0 Å². The molecule has 0 aliphatic rings. The number of aryl methyl sites for hydroxylation is 1. The molecule has 1 amide bonds. The zero-order chi connectivity index (χ0) is 15.2. The Bertz CT molecular complexity index is 596. The molecule has 2 N–H and O–H groups in total. The van der Waals surface area contributed by atoms with Gasteiger partial charge >= 0.3 is 0 Å². The Morgan fingerprint density at radius 3 is 2.32 bits per heavy atom. The van der Waals surface area contributed by atoms with Gasteiger partial charge in [0.25, 0.3) is 0 Å². The van der Waals surface area contributed by atoms with Crippen LogP contribution in [0.25, 0.3) is 0 Å². The topological polar surface area (TPSA) is 59.2 Å². The van der Waals surface area contributed by atoms with Gasteiger partial charge in [-0.15, -0.1) is 12.4 Å². The number of carbonyl (C=O) groups is 1. The number of pyridine rings is 1. The van der Waals surface area contributed by atoms with Crippen molar-refractivity contribution in [1.29, 1.82) is 0 Å².